The minimum absolute atomic E-state index is 0.230. The summed E-state index contributed by atoms with van der Waals surface area (Å²) in [5, 5.41) is 4.98. The Kier molecular flexibility index (Phi) is 9.88. The second kappa shape index (κ2) is 17.7. The predicted octanol–water partition coefficient (Wildman–Crippen LogP) is 20.2. The first kappa shape index (κ1) is 46.2. The molecule has 14 aromatic rings. The van der Waals surface area contributed by atoms with E-state index in [0.717, 1.165) is 11.4 Å². The molecule has 12 aromatic carbocycles. The number of benzene rings is 12. The number of allylic oxidation sites excluding steroid dienone is 5. The second-order valence-electron chi connectivity index (χ2n) is 23.0. The van der Waals surface area contributed by atoms with Crippen LogP contribution in [-0.2, 0) is 5.41 Å². The van der Waals surface area contributed by atoms with Gasteiger partial charge in [-0.15, -0.1) is 0 Å². The van der Waals surface area contributed by atoms with Gasteiger partial charge in [0.1, 0.15) is 0 Å². The van der Waals surface area contributed by atoms with E-state index in [-0.39, 0.29) is 11.8 Å². The molecule has 386 valence electrons. The lowest BCUT2D eigenvalue weighted by Crippen LogP contribution is -2.25. The molecule has 0 aliphatic heterocycles. The molecule has 0 amide bonds. The molecule has 83 heavy (non-hydrogen) atoms. The second-order valence-corrected chi connectivity index (χ2v) is 23.0. The SMILES string of the molecule is C1=CC2=C(c3ccc(-n4c5ccc(-c6ccc(-n7c8ccccc8c8ccccc87)cc6)cc5c5cc(-c6ccc7c(c6)C6(c8ccccc8-c8ccccc86)c6ccccc6-7)ccc54)cc3)c3ccccc3C(c3ccccc3)C2C=C1. The van der Waals surface area contributed by atoms with E-state index in [9.17, 15) is 0 Å². The normalized spacial score (nSPS) is 15.9. The van der Waals surface area contributed by atoms with E-state index in [0.29, 0.717) is 0 Å². The molecule has 2 nitrogen and oxygen atoms in total. The summed E-state index contributed by atoms with van der Waals surface area (Å²) in [7, 11) is 0. The molecule has 2 atom stereocenters. The molecule has 0 N–H and O–H groups in total. The lowest BCUT2D eigenvalue weighted by Gasteiger charge is -2.36. The maximum atomic E-state index is 2.51. The summed E-state index contributed by atoms with van der Waals surface area (Å²) in [4.78, 5) is 0. The van der Waals surface area contributed by atoms with Crippen molar-refractivity contribution in [2.75, 3.05) is 0 Å². The van der Waals surface area contributed by atoms with Gasteiger partial charge in [-0.25, -0.2) is 0 Å². The van der Waals surface area contributed by atoms with Crippen molar-refractivity contribution in [3.8, 4) is 55.9 Å². The zero-order chi connectivity index (χ0) is 54.3. The van der Waals surface area contributed by atoms with E-state index in [2.05, 4.69) is 312 Å². The molecular weight excluding hydrogens is 1000 g/mol. The molecule has 2 heterocycles. The summed E-state index contributed by atoms with van der Waals surface area (Å²) in [6, 6.07) is 105. The van der Waals surface area contributed by atoms with Crippen molar-refractivity contribution < 1.29 is 0 Å². The lowest BCUT2D eigenvalue weighted by atomic mass is 9.66. The first-order chi connectivity index (χ1) is 41.2. The number of fused-ring (bicyclic) bond motifs is 18. The fourth-order valence-electron chi connectivity index (χ4n) is 15.5. The quantitative estimate of drug-likeness (QED) is 0.157. The molecule has 0 radical (unpaired) electrons. The van der Waals surface area contributed by atoms with Crippen LogP contribution in [0.2, 0.25) is 0 Å². The van der Waals surface area contributed by atoms with Gasteiger partial charge in [0.05, 0.1) is 27.5 Å². The molecule has 2 unspecified atom stereocenters. The monoisotopic (exact) mass is 1050 g/mol. The van der Waals surface area contributed by atoms with Gasteiger partial charge in [0.25, 0.3) is 0 Å². The maximum absolute atomic E-state index is 2.51. The molecule has 18 rings (SSSR count). The van der Waals surface area contributed by atoms with Gasteiger partial charge in [0.15, 0.2) is 0 Å². The van der Waals surface area contributed by atoms with E-state index in [1.54, 1.807) is 0 Å². The zero-order valence-electron chi connectivity index (χ0n) is 45.4. The van der Waals surface area contributed by atoms with E-state index in [1.807, 2.05) is 0 Å². The van der Waals surface area contributed by atoms with Gasteiger partial charge in [0, 0.05) is 44.8 Å². The van der Waals surface area contributed by atoms with Crippen LogP contribution in [0.1, 0.15) is 50.4 Å². The van der Waals surface area contributed by atoms with Gasteiger partial charge in [-0.2, -0.15) is 0 Å². The van der Waals surface area contributed by atoms with Crippen LogP contribution >= 0.6 is 0 Å². The molecule has 0 bridgehead atoms. The largest absolute Gasteiger partial charge is 0.309 e. The van der Waals surface area contributed by atoms with Crippen molar-refractivity contribution in [1.29, 1.82) is 0 Å². The summed E-state index contributed by atoms with van der Waals surface area (Å²) in [5.74, 6) is 0.469. The van der Waals surface area contributed by atoms with Crippen LogP contribution < -0.4 is 0 Å². The Labute approximate surface area is 482 Å². The predicted molar refractivity (Wildman–Crippen MR) is 345 cm³/mol. The van der Waals surface area contributed by atoms with Crippen LogP contribution in [0.4, 0.5) is 0 Å². The third kappa shape index (κ3) is 6.55. The summed E-state index contributed by atoms with van der Waals surface area (Å²) in [5.41, 5.74) is 30.0. The highest BCUT2D eigenvalue weighted by molar-refractivity contribution is 6.12. The molecular formula is C81H52N2. The van der Waals surface area contributed by atoms with Crippen LogP contribution in [0.15, 0.2) is 309 Å². The van der Waals surface area contributed by atoms with Crippen molar-refractivity contribution in [3.05, 3.63) is 353 Å². The summed E-state index contributed by atoms with van der Waals surface area (Å²) >= 11 is 0. The lowest BCUT2D eigenvalue weighted by molar-refractivity contribution is 0.649. The molecule has 4 aliphatic rings. The number of aromatic nitrogens is 2. The Morgan fingerprint density at radius 3 is 1.35 bits per heavy atom. The number of hydrogen-bond donors (Lipinski definition) is 0. The molecule has 2 aromatic heterocycles. The van der Waals surface area contributed by atoms with Gasteiger partial charge in [-0.05, 0) is 167 Å². The van der Waals surface area contributed by atoms with E-state index in [4.69, 9.17) is 0 Å². The topological polar surface area (TPSA) is 9.86 Å². The van der Waals surface area contributed by atoms with Gasteiger partial charge in [-0.3, -0.25) is 0 Å². The Hall–Kier alpha value is -10.5. The fourth-order valence-corrected chi connectivity index (χ4v) is 15.5. The van der Waals surface area contributed by atoms with Crippen LogP contribution in [0, 0.1) is 5.92 Å². The van der Waals surface area contributed by atoms with Crippen LogP contribution in [0.25, 0.3) is 105 Å². The van der Waals surface area contributed by atoms with Gasteiger partial charge >= 0.3 is 0 Å². The Balaban J connectivity index is 0.800. The molecule has 0 fully saturated rings. The Morgan fingerprint density at radius 1 is 0.301 bits per heavy atom. The van der Waals surface area contributed by atoms with E-state index >= 15 is 0 Å². The first-order valence-electron chi connectivity index (χ1n) is 29.1. The number of hydrogen-bond acceptors (Lipinski definition) is 0. The van der Waals surface area contributed by atoms with Gasteiger partial charge < -0.3 is 9.13 Å². The van der Waals surface area contributed by atoms with Gasteiger partial charge in [-0.1, -0.05) is 237 Å². The third-order valence-electron chi connectivity index (χ3n) is 19.0. The first-order valence-corrected chi connectivity index (χ1v) is 29.1. The molecule has 1 spiro atoms. The molecule has 4 aliphatic carbocycles. The fraction of sp³-hybridized carbons (Fsp3) is 0.0370. The number of nitrogens with zero attached hydrogens (tertiary/aromatic N) is 2. The Morgan fingerprint density at radius 2 is 0.747 bits per heavy atom. The van der Waals surface area contributed by atoms with E-state index < -0.39 is 5.41 Å². The molecule has 2 heteroatoms. The van der Waals surface area contributed by atoms with Gasteiger partial charge in [0.2, 0.25) is 0 Å². The highest BCUT2D eigenvalue weighted by Gasteiger charge is 2.51. The van der Waals surface area contributed by atoms with Crippen LogP contribution in [0.5, 0.6) is 0 Å². The smallest absolute Gasteiger partial charge is 0.0725 e. The van der Waals surface area contributed by atoms with Crippen LogP contribution in [0.3, 0.4) is 0 Å². The number of para-hydroxylation sites is 2. The van der Waals surface area contributed by atoms with E-state index in [1.165, 1.54) is 144 Å². The van der Waals surface area contributed by atoms with Crippen molar-refractivity contribution in [1.82, 2.24) is 9.13 Å². The van der Waals surface area contributed by atoms with Crippen molar-refractivity contribution >= 4 is 49.2 Å². The zero-order valence-corrected chi connectivity index (χ0v) is 45.4. The minimum atomic E-state index is -0.418. The summed E-state index contributed by atoms with van der Waals surface area (Å²) < 4.78 is 4.88. The van der Waals surface area contributed by atoms with Crippen molar-refractivity contribution in [3.63, 3.8) is 0 Å². The standard InChI is InChI=1S/C81H52N2/c1-2-18-52(19-3-1)79-65-25-4-6-27-67(65)80(68-28-7-5-26-66(68)79)53-36-43-58(44-37-53)83-77-46-39-54(51-34-41-57(42-35-51)82-75-32-16-11-23-63(75)64-24-12-17-33-76(64)82)48-69(77)70-49-55(40-47-78(70)83)56-38-45-62-61-22-10-15-31-73(61)81(74(62)50-56)71-29-13-8-20-59(71)60-21-9-14-30-72(60)81/h1-50,65,79H. The molecule has 0 saturated heterocycles. The minimum Gasteiger partial charge on any atom is -0.309 e. The highest BCUT2D eigenvalue weighted by Crippen LogP contribution is 2.63. The van der Waals surface area contributed by atoms with Crippen LogP contribution in [-0.4, -0.2) is 9.13 Å². The average molecular weight is 1050 g/mol. The maximum Gasteiger partial charge on any atom is 0.0725 e. The number of rotatable bonds is 6. The summed E-state index contributed by atoms with van der Waals surface area (Å²) in [6.45, 7) is 0. The third-order valence-corrected chi connectivity index (χ3v) is 19.0. The average Bonchev–Trinajstić information content (AvgIpc) is 1.64. The van der Waals surface area contributed by atoms with Crippen molar-refractivity contribution in [2.45, 2.75) is 11.3 Å². The summed E-state index contributed by atoms with van der Waals surface area (Å²) in [6.07, 6.45) is 9.20. The highest BCUT2D eigenvalue weighted by atomic mass is 15.0. The Bertz CT molecular complexity index is 5020. The van der Waals surface area contributed by atoms with Crippen molar-refractivity contribution in [2.24, 2.45) is 5.92 Å². The molecule has 0 saturated carbocycles.